The molecule has 1 aromatic carbocycles. The number of allylic oxidation sites excluding steroid dienone is 1. The molecule has 4 nitrogen and oxygen atoms in total. The van der Waals surface area contributed by atoms with E-state index in [4.69, 9.17) is 5.11 Å². The molecule has 1 unspecified atom stereocenters. The molecular weight excluding hydrogens is 367 g/mol. The maximum atomic E-state index is 13.3. The first kappa shape index (κ1) is 20.4. The summed E-state index contributed by atoms with van der Waals surface area (Å²) in [6.07, 6.45) is -3.56. The summed E-state index contributed by atoms with van der Waals surface area (Å²) in [4.78, 5) is 25.7. The molecule has 0 bridgehead atoms. The van der Waals surface area contributed by atoms with Crippen molar-refractivity contribution in [1.29, 1.82) is 0 Å². The number of hydrogen-bond acceptors (Lipinski definition) is 3. The molecule has 1 saturated heterocycles. The van der Waals surface area contributed by atoms with Crippen molar-refractivity contribution in [3.63, 3.8) is 0 Å². The van der Waals surface area contributed by atoms with Crippen LogP contribution in [0.2, 0.25) is 0 Å². The van der Waals surface area contributed by atoms with Gasteiger partial charge in [0, 0.05) is 23.7 Å². The van der Waals surface area contributed by atoms with Crippen LogP contribution < -0.4 is 0 Å². The van der Waals surface area contributed by atoms with Crippen molar-refractivity contribution >= 4 is 23.6 Å². The summed E-state index contributed by atoms with van der Waals surface area (Å²) in [6, 6.07) is 6.69. The first-order chi connectivity index (χ1) is 12.1. The van der Waals surface area contributed by atoms with Crippen LogP contribution >= 0.6 is 11.8 Å². The van der Waals surface area contributed by atoms with Gasteiger partial charge in [0.15, 0.2) is 5.41 Å². The van der Waals surface area contributed by atoms with Crippen molar-refractivity contribution in [1.82, 2.24) is 4.90 Å². The standard InChI is InChI=1S/C18H20F3NO3S/c1-12(2)7-10-26-14-6-4-3-5-13(14)15(23)22-9-8-17(11-22,16(24)25)18(19,20)21/h3-7H,8-11H2,1-2H3,(H,24,25). The fourth-order valence-corrected chi connectivity index (χ4v) is 3.83. The predicted molar refractivity (Wildman–Crippen MR) is 93.2 cm³/mol. The number of thioether (sulfide) groups is 1. The van der Waals surface area contributed by atoms with Crippen LogP contribution in [0, 0.1) is 5.41 Å². The van der Waals surface area contributed by atoms with Gasteiger partial charge in [-0.1, -0.05) is 23.8 Å². The summed E-state index contributed by atoms with van der Waals surface area (Å²) in [5.74, 6) is -1.88. The zero-order valence-corrected chi connectivity index (χ0v) is 15.3. The summed E-state index contributed by atoms with van der Waals surface area (Å²) in [6.45, 7) is 2.80. The van der Waals surface area contributed by atoms with E-state index in [2.05, 4.69) is 0 Å². The predicted octanol–water partition coefficient (Wildman–Crippen LogP) is 4.22. The van der Waals surface area contributed by atoms with E-state index >= 15 is 0 Å². The van der Waals surface area contributed by atoms with E-state index in [9.17, 15) is 22.8 Å². The third-order valence-corrected chi connectivity index (χ3v) is 5.36. The Morgan fingerprint density at radius 3 is 2.50 bits per heavy atom. The number of likely N-dealkylation sites (tertiary alicyclic amines) is 1. The molecular formula is C18H20F3NO3S. The molecule has 142 valence electrons. The largest absolute Gasteiger partial charge is 0.481 e. The zero-order chi connectivity index (χ0) is 19.5. The number of carbonyl (C=O) groups excluding carboxylic acids is 1. The van der Waals surface area contributed by atoms with E-state index < -0.39 is 36.4 Å². The second-order valence-electron chi connectivity index (χ2n) is 6.45. The van der Waals surface area contributed by atoms with Crippen molar-refractivity contribution < 1.29 is 27.9 Å². The molecule has 1 aliphatic rings. The molecule has 8 heteroatoms. The molecule has 26 heavy (non-hydrogen) atoms. The second-order valence-corrected chi connectivity index (χ2v) is 7.51. The fourth-order valence-electron chi connectivity index (χ4n) is 2.75. The minimum atomic E-state index is -4.91. The molecule has 1 atom stereocenters. The fraction of sp³-hybridized carbons (Fsp3) is 0.444. The van der Waals surface area contributed by atoms with E-state index in [1.54, 1.807) is 24.3 Å². The lowest BCUT2D eigenvalue weighted by Crippen LogP contribution is -2.47. The highest BCUT2D eigenvalue weighted by molar-refractivity contribution is 7.99. The van der Waals surface area contributed by atoms with Crippen molar-refractivity contribution in [2.45, 2.75) is 31.3 Å². The number of alkyl halides is 3. The molecule has 0 saturated carbocycles. The number of carbonyl (C=O) groups is 2. The van der Waals surface area contributed by atoms with Gasteiger partial charge in [0.2, 0.25) is 0 Å². The van der Waals surface area contributed by atoms with Gasteiger partial charge in [0.1, 0.15) is 0 Å². The SMILES string of the molecule is CC(C)=CCSc1ccccc1C(=O)N1CCC(C(=O)O)(C(F)(F)F)C1. The Kier molecular flexibility index (Phi) is 6.05. The monoisotopic (exact) mass is 387 g/mol. The van der Waals surface area contributed by atoms with Gasteiger partial charge in [-0.15, -0.1) is 11.8 Å². The summed E-state index contributed by atoms with van der Waals surface area (Å²) in [5, 5.41) is 9.12. The molecule has 0 aromatic heterocycles. The van der Waals surface area contributed by atoms with Crippen molar-refractivity contribution in [2.24, 2.45) is 5.41 Å². The average molecular weight is 387 g/mol. The molecule has 0 aliphatic carbocycles. The topological polar surface area (TPSA) is 57.6 Å². The molecule has 0 radical (unpaired) electrons. The van der Waals surface area contributed by atoms with Gasteiger partial charge < -0.3 is 10.0 Å². The first-order valence-corrected chi connectivity index (χ1v) is 9.01. The van der Waals surface area contributed by atoms with Crippen LogP contribution in [0.4, 0.5) is 13.2 Å². The lowest BCUT2D eigenvalue weighted by molar-refractivity contribution is -0.227. The summed E-state index contributed by atoms with van der Waals surface area (Å²) in [7, 11) is 0. The Hall–Kier alpha value is -1.96. The number of amides is 1. The highest BCUT2D eigenvalue weighted by Gasteiger charge is 2.64. The minimum absolute atomic E-state index is 0.238. The lowest BCUT2D eigenvalue weighted by Gasteiger charge is -2.27. The van der Waals surface area contributed by atoms with E-state index in [1.807, 2.05) is 19.9 Å². The highest BCUT2D eigenvalue weighted by Crippen LogP contribution is 2.46. The van der Waals surface area contributed by atoms with E-state index in [0.29, 0.717) is 16.2 Å². The van der Waals surface area contributed by atoms with Crippen LogP contribution in [0.3, 0.4) is 0 Å². The van der Waals surface area contributed by atoms with Crippen molar-refractivity contribution in [3.8, 4) is 0 Å². The molecule has 1 N–H and O–H groups in total. The number of carboxylic acids is 1. The first-order valence-electron chi connectivity index (χ1n) is 8.03. The molecule has 1 heterocycles. The average Bonchev–Trinajstić information content (AvgIpc) is 3.01. The molecule has 0 spiro atoms. The van der Waals surface area contributed by atoms with Gasteiger partial charge in [-0.25, -0.2) is 0 Å². The van der Waals surface area contributed by atoms with Crippen LogP contribution in [0.1, 0.15) is 30.6 Å². The molecule has 1 amide bonds. The molecule has 1 aromatic rings. The molecule has 1 aliphatic heterocycles. The van der Waals surface area contributed by atoms with Gasteiger partial charge >= 0.3 is 12.1 Å². The van der Waals surface area contributed by atoms with Crippen LogP contribution in [0.25, 0.3) is 0 Å². The number of rotatable bonds is 5. The normalized spacial score (nSPS) is 20.1. The smallest absolute Gasteiger partial charge is 0.406 e. The summed E-state index contributed by atoms with van der Waals surface area (Å²) in [5.41, 5.74) is -1.48. The Bertz CT molecular complexity index is 729. The maximum absolute atomic E-state index is 13.3. The third kappa shape index (κ3) is 4.06. The van der Waals surface area contributed by atoms with Gasteiger partial charge in [-0.2, -0.15) is 13.2 Å². The van der Waals surface area contributed by atoms with E-state index in [1.165, 1.54) is 11.8 Å². The molecule has 2 rings (SSSR count). The Balaban J connectivity index is 2.23. The van der Waals surface area contributed by atoms with Crippen LogP contribution in [0.5, 0.6) is 0 Å². The number of hydrogen-bond donors (Lipinski definition) is 1. The van der Waals surface area contributed by atoms with Crippen LogP contribution in [-0.4, -0.2) is 46.9 Å². The second kappa shape index (κ2) is 7.73. The number of carboxylic acid groups (broad SMARTS) is 1. The maximum Gasteiger partial charge on any atom is 0.406 e. The number of halogens is 3. The van der Waals surface area contributed by atoms with E-state index in [-0.39, 0.29) is 6.54 Å². The Morgan fingerprint density at radius 1 is 1.31 bits per heavy atom. The summed E-state index contributed by atoms with van der Waals surface area (Å²) >= 11 is 1.41. The summed E-state index contributed by atoms with van der Waals surface area (Å²) < 4.78 is 39.9. The van der Waals surface area contributed by atoms with Gasteiger partial charge in [-0.3, -0.25) is 9.59 Å². The van der Waals surface area contributed by atoms with E-state index in [0.717, 1.165) is 10.5 Å². The van der Waals surface area contributed by atoms with Crippen LogP contribution in [-0.2, 0) is 4.79 Å². The van der Waals surface area contributed by atoms with Crippen molar-refractivity contribution in [3.05, 3.63) is 41.5 Å². The Morgan fingerprint density at radius 2 is 1.96 bits per heavy atom. The van der Waals surface area contributed by atoms with Gasteiger partial charge in [0.05, 0.1) is 5.56 Å². The Labute approximate surface area is 154 Å². The van der Waals surface area contributed by atoms with Crippen LogP contribution in [0.15, 0.2) is 40.8 Å². The van der Waals surface area contributed by atoms with Crippen molar-refractivity contribution in [2.75, 3.05) is 18.8 Å². The zero-order valence-electron chi connectivity index (χ0n) is 14.5. The number of aliphatic carboxylic acids is 1. The number of benzene rings is 1. The molecule has 1 fully saturated rings. The third-order valence-electron chi connectivity index (χ3n) is 4.36. The minimum Gasteiger partial charge on any atom is -0.481 e. The quantitative estimate of drug-likeness (QED) is 0.607. The number of nitrogens with zero attached hydrogens (tertiary/aromatic N) is 1. The lowest BCUT2D eigenvalue weighted by atomic mass is 9.86. The van der Waals surface area contributed by atoms with Gasteiger partial charge in [0.25, 0.3) is 5.91 Å². The highest BCUT2D eigenvalue weighted by atomic mass is 32.2. The van der Waals surface area contributed by atoms with Gasteiger partial charge in [-0.05, 0) is 32.4 Å².